The zero-order chi connectivity index (χ0) is 18.4. The van der Waals surface area contributed by atoms with Crippen LogP contribution in [0.4, 0.5) is 0 Å². The lowest BCUT2D eigenvalue weighted by Gasteiger charge is -2.56. The van der Waals surface area contributed by atoms with Gasteiger partial charge >= 0.3 is 0 Å². The number of hydrogen-bond acceptors (Lipinski definition) is 3. The van der Waals surface area contributed by atoms with Crippen molar-refractivity contribution in [3.8, 4) is 5.75 Å². The minimum Gasteiger partial charge on any atom is -0.486 e. The average molecular weight is 386 g/mol. The molecular formula is C22H24ClNO3. The Hall–Kier alpha value is -1.94. The first kappa shape index (κ1) is 17.2. The predicted molar refractivity (Wildman–Crippen MR) is 103 cm³/mol. The lowest BCUT2D eigenvalue weighted by atomic mass is 9.53. The maximum absolute atomic E-state index is 12.8. The van der Waals surface area contributed by atoms with E-state index in [0.29, 0.717) is 16.5 Å². The molecule has 0 saturated heterocycles. The van der Waals surface area contributed by atoms with Crippen molar-refractivity contribution in [2.75, 3.05) is 0 Å². The molecule has 1 N–H and O–H groups in total. The molecule has 142 valence electrons. The summed E-state index contributed by atoms with van der Waals surface area (Å²) in [6.45, 7) is 0.284. The summed E-state index contributed by atoms with van der Waals surface area (Å²) in [6, 6.07) is 10.7. The monoisotopic (exact) mass is 385 g/mol. The van der Waals surface area contributed by atoms with Crippen LogP contribution in [0.2, 0.25) is 5.02 Å². The minimum atomic E-state index is -0.0882. The van der Waals surface area contributed by atoms with E-state index in [2.05, 4.69) is 5.32 Å². The van der Waals surface area contributed by atoms with Crippen LogP contribution in [0, 0.1) is 17.8 Å². The standard InChI is InChI=1S/C22H24ClNO3/c23-17-1-3-18(4-2-17)26-13-19-5-6-20(27-19)21(25)24-22-10-14-7-15(11-22)9-16(8-14)12-22/h1-6,14-16H,7-13H2,(H,24,25). The van der Waals surface area contributed by atoms with Crippen LogP contribution in [0.3, 0.4) is 0 Å². The molecule has 1 aromatic carbocycles. The molecule has 27 heavy (non-hydrogen) atoms. The van der Waals surface area contributed by atoms with E-state index >= 15 is 0 Å². The van der Waals surface area contributed by atoms with Gasteiger partial charge in [0.15, 0.2) is 5.76 Å². The molecule has 4 fully saturated rings. The van der Waals surface area contributed by atoms with E-state index in [0.717, 1.165) is 42.8 Å². The van der Waals surface area contributed by atoms with Crippen molar-refractivity contribution in [3.05, 3.63) is 52.9 Å². The van der Waals surface area contributed by atoms with E-state index in [9.17, 15) is 4.79 Å². The second kappa shape index (κ2) is 6.59. The van der Waals surface area contributed by atoms with Gasteiger partial charge in [0.25, 0.3) is 5.91 Å². The zero-order valence-electron chi connectivity index (χ0n) is 15.2. The number of carbonyl (C=O) groups is 1. The SMILES string of the molecule is O=C(NC12CC3CC(CC(C3)C1)C2)c1ccc(COc2ccc(Cl)cc2)o1. The molecule has 0 radical (unpaired) electrons. The van der Waals surface area contributed by atoms with Gasteiger partial charge < -0.3 is 14.5 Å². The van der Waals surface area contributed by atoms with Gasteiger partial charge in [-0.25, -0.2) is 0 Å². The fourth-order valence-electron chi connectivity index (χ4n) is 5.83. The molecule has 1 aromatic heterocycles. The highest BCUT2D eigenvalue weighted by atomic mass is 35.5. The number of halogens is 1. The van der Waals surface area contributed by atoms with E-state index in [1.165, 1.54) is 19.3 Å². The van der Waals surface area contributed by atoms with Gasteiger partial charge in [-0.15, -0.1) is 0 Å². The van der Waals surface area contributed by atoms with Crippen molar-refractivity contribution in [1.82, 2.24) is 5.32 Å². The summed E-state index contributed by atoms with van der Waals surface area (Å²) in [5.74, 6) is 4.05. The molecule has 6 rings (SSSR count). The normalized spacial score (nSPS) is 31.1. The van der Waals surface area contributed by atoms with Crippen molar-refractivity contribution in [3.63, 3.8) is 0 Å². The summed E-state index contributed by atoms with van der Waals surface area (Å²) in [4.78, 5) is 12.8. The van der Waals surface area contributed by atoms with Crippen LogP contribution in [0.1, 0.15) is 54.8 Å². The quantitative estimate of drug-likeness (QED) is 0.768. The Bertz CT molecular complexity index is 806. The van der Waals surface area contributed by atoms with Crippen LogP contribution in [-0.2, 0) is 6.61 Å². The van der Waals surface area contributed by atoms with Crippen LogP contribution in [-0.4, -0.2) is 11.4 Å². The van der Waals surface area contributed by atoms with E-state index < -0.39 is 0 Å². The largest absolute Gasteiger partial charge is 0.486 e. The lowest BCUT2D eigenvalue weighted by molar-refractivity contribution is -0.0171. The first-order valence-corrected chi connectivity index (χ1v) is 10.2. The summed E-state index contributed by atoms with van der Waals surface area (Å²) in [5.41, 5.74) is -0.00140. The third-order valence-electron chi connectivity index (χ3n) is 6.50. The highest BCUT2D eigenvalue weighted by Gasteiger charge is 2.51. The van der Waals surface area contributed by atoms with Gasteiger partial charge in [-0.05, 0) is 92.7 Å². The van der Waals surface area contributed by atoms with Gasteiger partial charge in [0.2, 0.25) is 0 Å². The Kier molecular flexibility index (Phi) is 4.19. The van der Waals surface area contributed by atoms with Crippen molar-refractivity contribution in [2.45, 2.75) is 50.7 Å². The predicted octanol–water partition coefficient (Wildman–Crippen LogP) is 5.21. The van der Waals surface area contributed by atoms with E-state index in [-0.39, 0.29) is 18.1 Å². The fourth-order valence-corrected chi connectivity index (χ4v) is 5.95. The van der Waals surface area contributed by atoms with Crippen molar-refractivity contribution < 1.29 is 13.9 Å². The van der Waals surface area contributed by atoms with Crippen LogP contribution >= 0.6 is 11.6 Å². The highest BCUT2D eigenvalue weighted by molar-refractivity contribution is 6.30. The number of ether oxygens (including phenoxy) is 1. The van der Waals surface area contributed by atoms with Crippen LogP contribution in [0.25, 0.3) is 0 Å². The van der Waals surface area contributed by atoms with Gasteiger partial charge in [0, 0.05) is 10.6 Å². The molecule has 4 aliphatic rings. The maximum atomic E-state index is 12.8. The molecule has 4 nitrogen and oxygen atoms in total. The molecule has 0 aliphatic heterocycles. The summed E-state index contributed by atoms with van der Waals surface area (Å²) in [5, 5.41) is 4.02. The number of rotatable bonds is 5. The van der Waals surface area contributed by atoms with E-state index in [1.54, 1.807) is 18.2 Å². The molecule has 4 bridgehead atoms. The molecule has 4 aliphatic carbocycles. The number of furan rings is 1. The second-order valence-electron chi connectivity index (χ2n) is 8.66. The van der Waals surface area contributed by atoms with Gasteiger partial charge in [-0.1, -0.05) is 11.6 Å². The van der Waals surface area contributed by atoms with Crippen LogP contribution in [0.15, 0.2) is 40.8 Å². The Labute approximate surface area is 164 Å². The molecule has 1 amide bonds. The van der Waals surface area contributed by atoms with Gasteiger partial charge in [-0.2, -0.15) is 0 Å². The first-order valence-electron chi connectivity index (χ1n) is 9.86. The molecule has 5 heteroatoms. The molecular weight excluding hydrogens is 362 g/mol. The Balaban J connectivity index is 1.22. The first-order chi connectivity index (χ1) is 13.1. The van der Waals surface area contributed by atoms with Gasteiger partial charge in [0.05, 0.1) is 0 Å². The van der Waals surface area contributed by atoms with Gasteiger partial charge in [-0.3, -0.25) is 4.79 Å². The lowest BCUT2D eigenvalue weighted by Crippen LogP contribution is -2.59. The number of benzene rings is 1. The maximum Gasteiger partial charge on any atom is 0.287 e. The summed E-state index contributed by atoms with van der Waals surface area (Å²) < 4.78 is 11.4. The third kappa shape index (κ3) is 3.47. The molecule has 1 heterocycles. The highest BCUT2D eigenvalue weighted by Crippen LogP contribution is 2.55. The molecule has 2 aromatic rings. The van der Waals surface area contributed by atoms with Crippen molar-refractivity contribution in [1.29, 1.82) is 0 Å². The average Bonchev–Trinajstić information content (AvgIpc) is 3.09. The summed E-state index contributed by atoms with van der Waals surface area (Å²) in [7, 11) is 0. The van der Waals surface area contributed by atoms with Crippen LogP contribution in [0.5, 0.6) is 5.75 Å². The smallest absolute Gasteiger partial charge is 0.287 e. The van der Waals surface area contributed by atoms with Crippen molar-refractivity contribution >= 4 is 17.5 Å². The summed E-state index contributed by atoms with van der Waals surface area (Å²) >= 11 is 5.88. The fraction of sp³-hybridized carbons (Fsp3) is 0.500. The Morgan fingerprint density at radius 2 is 1.67 bits per heavy atom. The second-order valence-corrected chi connectivity index (χ2v) is 9.10. The number of amides is 1. The minimum absolute atomic E-state index is 0.00140. The number of carbonyl (C=O) groups excluding carboxylic acids is 1. The summed E-state index contributed by atoms with van der Waals surface area (Å²) in [6.07, 6.45) is 7.50. The number of nitrogens with one attached hydrogen (secondary N) is 1. The third-order valence-corrected chi connectivity index (χ3v) is 6.75. The van der Waals surface area contributed by atoms with Gasteiger partial charge in [0.1, 0.15) is 18.1 Å². The molecule has 4 saturated carbocycles. The molecule has 0 spiro atoms. The van der Waals surface area contributed by atoms with Crippen molar-refractivity contribution in [2.24, 2.45) is 17.8 Å². The Morgan fingerprint density at radius 3 is 2.30 bits per heavy atom. The van der Waals surface area contributed by atoms with E-state index in [4.69, 9.17) is 20.8 Å². The molecule has 0 unspecified atom stereocenters. The van der Waals surface area contributed by atoms with E-state index in [1.807, 2.05) is 18.2 Å². The van der Waals surface area contributed by atoms with Crippen LogP contribution < -0.4 is 10.1 Å². The zero-order valence-corrected chi connectivity index (χ0v) is 16.0. The topological polar surface area (TPSA) is 51.5 Å². The molecule has 0 atom stereocenters. The number of hydrogen-bond donors (Lipinski definition) is 1. The Morgan fingerprint density at radius 1 is 1.04 bits per heavy atom.